The molecule has 0 radical (unpaired) electrons. The van der Waals surface area contributed by atoms with Gasteiger partial charge in [-0.2, -0.15) is 4.31 Å². The van der Waals surface area contributed by atoms with Crippen molar-refractivity contribution in [3.63, 3.8) is 0 Å². The van der Waals surface area contributed by atoms with E-state index in [4.69, 9.17) is 0 Å². The molecule has 2 aromatic rings. The summed E-state index contributed by atoms with van der Waals surface area (Å²) in [5.74, 6) is 0. The lowest BCUT2D eigenvalue weighted by Crippen LogP contribution is -2.45. The molecule has 0 saturated carbocycles. The van der Waals surface area contributed by atoms with Crippen LogP contribution in [0.1, 0.15) is 31.7 Å². The summed E-state index contributed by atoms with van der Waals surface area (Å²) in [6.07, 6.45) is 6.73. The third-order valence-electron chi connectivity index (χ3n) is 4.48. The average Bonchev–Trinajstić information content (AvgIpc) is 3.06. The van der Waals surface area contributed by atoms with Crippen molar-refractivity contribution in [2.75, 3.05) is 6.54 Å². The van der Waals surface area contributed by atoms with E-state index >= 15 is 0 Å². The van der Waals surface area contributed by atoms with Gasteiger partial charge in [0.25, 0.3) is 10.0 Å². The van der Waals surface area contributed by atoms with Gasteiger partial charge in [-0.25, -0.2) is 13.4 Å². The number of aryl methyl sites for hydroxylation is 1. The number of rotatable bonds is 5. The molecule has 0 bridgehead atoms. The molecule has 6 heteroatoms. The van der Waals surface area contributed by atoms with E-state index in [0.717, 1.165) is 25.7 Å². The molecule has 124 valence electrons. The maximum Gasteiger partial charge on any atom is 0.260 e. The summed E-state index contributed by atoms with van der Waals surface area (Å²) < 4.78 is 29.6. The highest BCUT2D eigenvalue weighted by Gasteiger charge is 2.35. The van der Waals surface area contributed by atoms with Crippen LogP contribution in [0.25, 0.3) is 0 Å². The molecule has 0 N–H and O–H groups in total. The number of piperidine rings is 1. The van der Waals surface area contributed by atoms with Crippen LogP contribution in [0.3, 0.4) is 0 Å². The molecule has 0 aliphatic carbocycles. The maximum absolute atomic E-state index is 13.1. The van der Waals surface area contributed by atoms with E-state index in [2.05, 4.69) is 17.1 Å². The molecule has 23 heavy (non-hydrogen) atoms. The van der Waals surface area contributed by atoms with Gasteiger partial charge in [-0.3, -0.25) is 0 Å². The van der Waals surface area contributed by atoms with E-state index in [-0.39, 0.29) is 6.04 Å². The highest BCUT2D eigenvalue weighted by atomic mass is 32.2. The van der Waals surface area contributed by atoms with E-state index in [1.54, 1.807) is 15.2 Å². The van der Waals surface area contributed by atoms with Crippen molar-refractivity contribution in [3.05, 3.63) is 48.4 Å². The summed E-state index contributed by atoms with van der Waals surface area (Å²) in [6, 6.07) is 10.1. The molecule has 5 nitrogen and oxygen atoms in total. The van der Waals surface area contributed by atoms with Crippen LogP contribution in [0.5, 0.6) is 0 Å². The molecule has 1 aliphatic rings. The second-order valence-electron chi connectivity index (χ2n) is 5.97. The lowest BCUT2D eigenvalue weighted by molar-refractivity contribution is 0.249. The van der Waals surface area contributed by atoms with Crippen molar-refractivity contribution < 1.29 is 8.42 Å². The molecule has 1 unspecified atom stereocenters. The zero-order valence-electron chi connectivity index (χ0n) is 13.4. The van der Waals surface area contributed by atoms with Crippen molar-refractivity contribution in [2.24, 2.45) is 0 Å². The third kappa shape index (κ3) is 3.33. The van der Waals surface area contributed by atoms with Crippen molar-refractivity contribution in [1.82, 2.24) is 13.9 Å². The molecule has 1 aromatic heterocycles. The third-order valence-corrected chi connectivity index (χ3v) is 6.44. The first-order chi connectivity index (χ1) is 11.1. The monoisotopic (exact) mass is 333 g/mol. The first-order valence-corrected chi connectivity index (χ1v) is 9.63. The molecular formula is C17H23N3O2S. The Labute approximate surface area is 138 Å². The van der Waals surface area contributed by atoms with Gasteiger partial charge in [-0.05, 0) is 31.7 Å². The van der Waals surface area contributed by atoms with E-state index in [1.807, 2.05) is 25.1 Å². The Hall–Kier alpha value is -1.66. The summed E-state index contributed by atoms with van der Waals surface area (Å²) in [7, 11) is -3.50. The fourth-order valence-electron chi connectivity index (χ4n) is 3.26. The Morgan fingerprint density at radius 3 is 2.74 bits per heavy atom. The molecule has 1 atom stereocenters. The van der Waals surface area contributed by atoms with Crippen LogP contribution >= 0.6 is 0 Å². The number of sulfonamides is 1. The predicted octanol–water partition coefficient (Wildman–Crippen LogP) is 2.69. The molecule has 1 aromatic carbocycles. The minimum atomic E-state index is -3.50. The fourth-order valence-corrected chi connectivity index (χ4v) is 5.11. The number of hydrogen-bond acceptors (Lipinski definition) is 3. The fraction of sp³-hybridized carbons (Fsp3) is 0.471. The van der Waals surface area contributed by atoms with Gasteiger partial charge in [0.2, 0.25) is 0 Å². The van der Waals surface area contributed by atoms with Crippen molar-refractivity contribution in [1.29, 1.82) is 0 Å². The lowest BCUT2D eigenvalue weighted by Gasteiger charge is -2.34. The Balaban J connectivity index is 1.89. The molecule has 1 fully saturated rings. The summed E-state index contributed by atoms with van der Waals surface area (Å²) in [6.45, 7) is 3.12. The first kappa shape index (κ1) is 16.2. The summed E-state index contributed by atoms with van der Waals surface area (Å²) >= 11 is 0. The van der Waals surface area contributed by atoms with Crippen LogP contribution in [0.4, 0.5) is 0 Å². The van der Waals surface area contributed by atoms with Crippen LogP contribution in [0.2, 0.25) is 0 Å². The Morgan fingerprint density at radius 1 is 1.22 bits per heavy atom. The normalized spacial score (nSPS) is 19.8. The molecule has 0 spiro atoms. The van der Waals surface area contributed by atoms with Crippen molar-refractivity contribution in [3.8, 4) is 0 Å². The Bertz CT molecular complexity index is 740. The summed E-state index contributed by atoms with van der Waals surface area (Å²) in [5, 5.41) is 0.306. The van der Waals surface area contributed by atoms with Crippen LogP contribution in [-0.4, -0.2) is 34.9 Å². The zero-order chi connectivity index (χ0) is 16.3. The predicted molar refractivity (Wildman–Crippen MR) is 89.6 cm³/mol. The Kier molecular flexibility index (Phi) is 4.82. The maximum atomic E-state index is 13.1. The number of hydrogen-bond donors (Lipinski definition) is 0. The lowest BCUT2D eigenvalue weighted by atomic mass is 9.98. The van der Waals surface area contributed by atoms with Crippen LogP contribution < -0.4 is 0 Å². The topological polar surface area (TPSA) is 55.2 Å². The molecule has 0 amide bonds. The second kappa shape index (κ2) is 6.84. The van der Waals surface area contributed by atoms with Crippen LogP contribution in [-0.2, 0) is 23.0 Å². The van der Waals surface area contributed by atoms with Gasteiger partial charge in [0.15, 0.2) is 5.03 Å². The van der Waals surface area contributed by atoms with Gasteiger partial charge >= 0.3 is 0 Å². The highest BCUT2D eigenvalue weighted by Crippen LogP contribution is 2.27. The van der Waals surface area contributed by atoms with Crippen molar-refractivity contribution >= 4 is 10.0 Å². The van der Waals surface area contributed by atoms with Gasteiger partial charge in [0.1, 0.15) is 0 Å². The summed E-state index contributed by atoms with van der Waals surface area (Å²) in [4.78, 5) is 4.02. The largest absolute Gasteiger partial charge is 0.321 e. The highest BCUT2D eigenvalue weighted by molar-refractivity contribution is 7.89. The van der Waals surface area contributed by atoms with E-state index < -0.39 is 10.0 Å². The SMILES string of the molecule is CCn1cncc1S(=O)(=O)N1CCCCC1Cc1ccccc1. The number of aromatic nitrogens is 2. The minimum Gasteiger partial charge on any atom is -0.321 e. The average molecular weight is 333 g/mol. The molecule has 1 saturated heterocycles. The molecule has 3 rings (SSSR count). The standard InChI is InChI=1S/C17H23N3O2S/c1-2-19-14-18-13-17(19)23(21,22)20-11-7-6-10-16(20)12-15-8-4-3-5-9-15/h3-5,8-9,13-14,16H,2,6-7,10-12H2,1H3. The van der Waals surface area contributed by atoms with Crippen LogP contribution in [0.15, 0.2) is 47.9 Å². The molecular weight excluding hydrogens is 310 g/mol. The van der Waals surface area contributed by atoms with Gasteiger partial charge in [0.05, 0.1) is 12.5 Å². The smallest absolute Gasteiger partial charge is 0.260 e. The second-order valence-corrected chi connectivity index (χ2v) is 7.81. The molecule has 2 heterocycles. The van der Waals surface area contributed by atoms with Crippen molar-refractivity contribution in [2.45, 2.75) is 50.2 Å². The van der Waals surface area contributed by atoms with E-state index in [0.29, 0.717) is 18.1 Å². The van der Waals surface area contributed by atoms with Crippen LogP contribution in [0, 0.1) is 0 Å². The Morgan fingerprint density at radius 2 is 2.00 bits per heavy atom. The van der Waals surface area contributed by atoms with E-state index in [9.17, 15) is 8.42 Å². The van der Waals surface area contributed by atoms with E-state index in [1.165, 1.54) is 11.8 Å². The number of nitrogens with zero attached hydrogens (tertiary/aromatic N) is 3. The van der Waals surface area contributed by atoms with Gasteiger partial charge in [0, 0.05) is 19.1 Å². The first-order valence-electron chi connectivity index (χ1n) is 8.19. The number of imidazole rings is 1. The summed E-state index contributed by atoms with van der Waals surface area (Å²) in [5.41, 5.74) is 1.18. The quantitative estimate of drug-likeness (QED) is 0.845. The zero-order valence-corrected chi connectivity index (χ0v) is 14.2. The molecule has 1 aliphatic heterocycles. The number of benzene rings is 1. The van der Waals surface area contributed by atoms with Gasteiger partial charge < -0.3 is 4.57 Å². The minimum absolute atomic E-state index is 0.0244. The van der Waals surface area contributed by atoms with Gasteiger partial charge in [-0.1, -0.05) is 36.8 Å². The van der Waals surface area contributed by atoms with Gasteiger partial charge in [-0.15, -0.1) is 0 Å².